The van der Waals surface area contributed by atoms with Gasteiger partial charge in [-0.05, 0) is 63.3 Å². The number of alkyl halides is 1. The van der Waals surface area contributed by atoms with Crippen molar-refractivity contribution in [1.29, 1.82) is 0 Å². The fourth-order valence-electron chi connectivity index (χ4n) is 4.12. The molecule has 146 valence electrons. The lowest BCUT2D eigenvalue weighted by Gasteiger charge is -2.44. The largest absolute Gasteiger partial charge is 0.493 e. The summed E-state index contributed by atoms with van der Waals surface area (Å²) < 4.78 is 29.9. The summed E-state index contributed by atoms with van der Waals surface area (Å²) in [5, 5.41) is 0. The SMILES string of the molecule is COc1cc2c(cc1OCCCF)CCN1CC(OC(C)(C)C)CCC21. The lowest BCUT2D eigenvalue weighted by molar-refractivity contribution is -0.0971. The standard InChI is InChI=1S/C21H32FNO3/c1-21(2,3)26-16-6-7-18-17-13-19(24-4)20(25-11-5-9-22)12-15(17)8-10-23(18)14-16/h12-13,16,18H,5-11,14H2,1-4H3. The molecule has 1 saturated heterocycles. The van der Waals surface area contributed by atoms with Crippen molar-refractivity contribution >= 4 is 0 Å². The molecular weight excluding hydrogens is 333 g/mol. The maximum atomic E-state index is 12.3. The summed E-state index contributed by atoms with van der Waals surface area (Å²) in [5.41, 5.74) is 2.58. The number of nitrogens with zero attached hydrogens (tertiary/aromatic N) is 1. The van der Waals surface area contributed by atoms with E-state index >= 15 is 0 Å². The molecule has 2 atom stereocenters. The van der Waals surface area contributed by atoms with Crippen molar-refractivity contribution in [2.24, 2.45) is 0 Å². The van der Waals surface area contributed by atoms with E-state index in [0.29, 0.717) is 25.2 Å². The van der Waals surface area contributed by atoms with Gasteiger partial charge in [0.05, 0.1) is 32.1 Å². The summed E-state index contributed by atoms with van der Waals surface area (Å²) >= 11 is 0. The van der Waals surface area contributed by atoms with E-state index in [0.717, 1.165) is 43.9 Å². The Hall–Kier alpha value is -1.33. The highest BCUT2D eigenvalue weighted by Gasteiger charge is 2.35. The number of fused-ring (bicyclic) bond motifs is 3. The van der Waals surface area contributed by atoms with E-state index in [1.165, 1.54) is 11.1 Å². The van der Waals surface area contributed by atoms with Gasteiger partial charge >= 0.3 is 0 Å². The Morgan fingerprint density at radius 3 is 2.69 bits per heavy atom. The Morgan fingerprint density at radius 1 is 1.19 bits per heavy atom. The molecule has 0 bridgehead atoms. The number of hydrogen-bond acceptors (Lipinski definition) is 4. The van der Waals surface area contributed by atoms with Gasteiger partial charge in [-0.3, -0.25) is 9.29 Å². The first-order valence-corrected chi connectivity index (χ1v) is 9.72. The molecule has 1 fully saturated rings. The van der Waals surface area contributed by atoms with E-state index in [9.17, 15) is 4.39 Å². The molecule has 4 nitrogen and oxygen atoms in total. The molecule has 1 aromatic carbocycles. The number of ether oxygens (including phenoxy) is 3. The maximum Gasteiger partial charge on any atom is 0.161 e. The van der Waals surface area contributed by atoms with Crippen LogP contribution >= 0.6 is 0 Å². The molecular formula is C21H32FNO3. The number of hydrogen-bond donors (Lipinski definition) is 0. The number of piperidine rings is 1. The maximum absolute atomic E-state index is 12.3. The van der Waals surface area contributed by atoms with Gasteiger partial charge in [0.1, 0.15) is 0 Å². The summed E-state index contributed by atoms with van der Waals surface area (Å²) in [6, 6.07) is 4.65. The summed E-state index contributed by atoms with van der Waals surface area (Å²) in [5.74, 6) is 1.48. The third kappa shape index (κ3) is 4.49. The second kappa shape index (κ2) is 8.13. The molecule has 1 aromatic rings. The van der Waals surface area contributed by atoms with Gasteiger partial charge in [0.25, 0.3) is 0 Å². The van der Waals surface area contributed by atoms with Crippen LogP contribution in [0.25, 0.3) is 0 Å². The van der Waals surface area contributed by atoms with Gasteiger partial charge < -0.3 is 14.2 Å². The van der Waals surface area contributed by atoms with Gasteiger partial charge in [0, 0.05) is 25.6 Å². The van der Waals surface area contributed by atoms with Gasteiger partial charge in [-0.15, -0.1) is 0 Å². The Kier molecular flexibility index (Phi) is 6.08. The third-order valence-electron chi connectivity index (χ3n) is 5.15. The fraction of sp³-hybridized carbons (Fsp3) is 0.714. The molecule has 0 amide bonds. The highest BCUT2D eigenvalue weighted by atomic mass is 19.1. The van der Waals surface area contributed by atoms with Crippen molar-refractivity contribution in [3.63, 3.8) is 0 Å². The molecule has 0 spiro atoms. The van der Waals surface area contributed by atoms with Gasteiger partial charge in [-0.25, -0.2) is 0 Å². The molecule has 2 aliphatic rings. The smallest absolute Gasteiger partial charge is 0.161 e. The topological polar surface area (TPSA) is 30.9 Å². The Labute approximate surface area is 156 Å². The fourth-order valence-corrected chi connectivity index (χ4v) is 4.12. The van der Waals surface area contributed by atoms with Crippen molar-refractivity contribution in [2.75, 3.05) is 33.5 Å². The van der Waals surface area contributed by atoms with Crippen LogP contribution in [0.4, 0.5) is 4.39 Å². The Balaban J connectivity index is 1.75. The highest BCUT2D eigenvalue weighted by molar-refractivity contribution is 5.49. The predicted octanol–water partition coefficient (Wildman–Crippen LogP) is 4.31. The lowest BCUT2D eigenvalue weighted by Crippen LogP contribution is -2.47. The van der Waals surface area contributed by atoms with Crippen LogP contribution in [0.3, 0.4) is 0 Å². The highest BCUT2D eigenvalue weighted by Crippen LogP contribution is 2.42. The number of halogens is 1. The average molecular weight is 365 g/mol. The molecule has 2 heterocycles. The molecule has 0 saturated carbocycles. The van der Waals surface area contributed by atoms with Gasteiger partial charge in [0.2, 0.25) is 0 Å². The van der Waals surface area contributed by atoms with Gasteiger partial charge in [-0.1, -0.05) is 0 Å². The van der Waals surface area contributed by atoms with Crippen LogP contribution in [0.5, 0.6) is 11.5 Å². The van der Waals surface area contributed by atoms with E-state index < -0.39 is 0 Å². The van der Waals surface area contributed by atoms with Crippen LogP contribution in [0.2, 0.25) is 0 Å². The van der Waals surface area contributed by atoms with E-state index in [1.54, 1.807) is 7.11 Å². The Morgan fingerprint density at radius 2 is 2.00 bits per heavy atom. The number of methoxy groups -OCH3 is 1. The predicted molar refractivity (Wildman–Crippen MR) is 101 cm³/mol. The van der Waals surface area contributed by atoms with Crippen LogP contribution in [0, 0.1) is 0 Å². The van der Waals surface area contributed by atoms with E-state index in [2.05, 4.69) is 37.8 Å². The minimum atomic E-state index is -0.359. The third-order valence-corrected chi connectivity index (χ3v) is 5.15. The second-order valence-corrected chi connectivity index (χ2v) is 8.28. The molecule has 2 aliphatic heterocycles. The molecule has 5 heteroatoms. The molecule has 3 rings (SSSR count). The molecule has 0 radical (unpaired) electrons. The van der Waals surface area contributed by atoms with Crippen molar-refractivity contribution in [2.45, 2.75) is 64.2 Å². The van der Waals surface area contributed by atoms with Crippen molar-refractivity contribution in [3.05, 3.63) is 23.3 Å². The molecule has 0 N–H and O–H groups in total. The summed E-state index contributed by atoms with van der Waals surface area (Å²) in [6.07, 6.45) is 3.88. The zero-order valence-electron chi connectivity index (χ0n) is 16.5. The quantitative estimate of drug-likeness (QED) is 0.703. The van der Waals surface area contributed by atoms with Crippen LogP contribution in [-0.4, -0.2) is 50.1 Å². The van der Waals surface area contributed by atoms with E-state index in [1.807, 2.05) is 0 Å². The average Bonchev–Trinajstić information content (AvgIpc) is 2.59. The summed E-state index contributed by atoms with van der Waals surface area (Å²) in [4.78, 5) is 2.55. The number of rotatable bonds is 6. The first-order chi connectivity index (χ1) is 12.4. The monoisotopic (exact) mass is 365 g/mol. The van der Waals surface area contributed by atoms with Crippen molar-refractivity contribution in [3.8, 4) is 11.5 Å². The normalized spacial score (nSPS) is 23.3. The zero-order valence-corrected chi connectivity index (χ0v) is 16.5. The van der Waals surface area contributed by atoms with Crippen molar-refractivity contribution < 1.29 is 18.6 Å². The van der Waals surface area contributed by atoms with Crippen LogP contribution < -0.4 is 9.47 Å². The summed E-state index contributed by atoms with van der Waals surface area (Å²) in [7, 11) is 1.67. The Bertz CT molecular complexity index is 614. The lowest BCUT2D eigenvalue weighted by atomic mass is 9.85. The van der Waals surface area contributed by atoms with Crippen LogP contribution in [-0.2, 0) is 11.2 Å². The zero-order chi connectivity index (χ0) is 18.7. The molecule has 26 heavy (non-hydrogen) atoms. The number of benzene rings is 1. The van der Waals surface area contributed by atoms with E-state index in [-0.39, 0.29) is 12.3 Å². The van der Waals surface area contributed by atoms with Crippen LogP contribution in [0.15, 0.2) is 12.1 Å². The van der Waals surface area contributed by atoms with Crippen molar-refractivity contribution in [1.82, 2.24) is 4.90 Å². The second-order valence-electron chi connectivity index (χ2n) is 8.28. The minimum absolute atomic E-state index is 0.0970. The summed E-state index contributed by atoms with van der Waals surface area (Å²) in [6.45, 7) is 8.42. The molecule has 0 aromatic heterocycles. The van der Waals surface area contributed by atoms with Crippen LogP contribution in [0.1, 0.15) is 57.2 Å². The van der Waals surface area contributed by atoms with Gasteiger partial charge in [-0.2, -0.15) is 0 Å². The van der Waals surface area contributed by atoms with Gasteiger partial charge in [0.15, 0.2) is 11.5 Å². The van der Waals surface area contributed by atoms with E-state index in [4.69, 9.17) is 14.2 Å². The minimum Gasteiger partial charge on any atom is -0.493 e. The molecule has 2 unspecified atom stereocenters. The first kappa shape index (κ1) is 19.4. The first-order valence-electron chi connectivity index (χ1n) is 9.72. The molecule has 0 aliphatic carbocycles.